The van der Waals surface area contributed by atoms with Gasteiger partial charge in [0.25, 0.3) is 0 Å². The van der Waals surface area contributed by atoms with Crippen LogP contribution < -0.4 is 5.32 Å². The molecule has 7 heteroatoms. The quantitative estimate of drug-likeness (QED) is 0.416. The Balaban J connectivity index is 0.00000225. The molecule has 0 radical (unpaired) electrons. The first-order chi connectivity index (χ1) is 11.6. The lowest BCUT2D eigenvalue weighted by Crippen LogP contribution is -2.46. The van der Waals surface area contributed by atoms with Gasteiger partial charge in [0, 0.05) is 51.6 Å². The molecule has 2 aliphatic rings. The Bertz CT molecular complexity index is 589. The number of rotatable bonds is 5. The van der Waals surface area contributed by atoms with Crippen molar-refractivity contribution >= 4 is 29.9 Å². The number of nitrogens with one attached hydrogen (secondary N) is 1. The van der Waals surface area contributed by atoms with Crippen LogP contribution in [0.1, 0.15) is 42.6 Å². The number of ether oxygens (including phenoxy) is 1. The highest BCUT2D eigenvalue weighted by Gasteiger charge is 2.26. The molecular formula is C18H32IN5O. The van der Waals surface area contributed by atoms with Crippen molar-refractivity contribution in [3.8, 4) is 0 Å². The molecular weight excluding hydrogens is 429 g/mol. The Hall–Kier alpha value is -0.830. The molecule has 2 heterocycles. The SMILES string of the molecule is CN=C(NCc1c(C)nn(C)c1C)N1CCC(OCC2CC2)CC1.I. The van der Waals surface area contributed by atoms with Crippen LogP contribution in [0.3, 0.4) is 0 Å². The number of piperidine rings is 1. The number of aliphatic imine (C=N–C) groups is 1. The fourth-order valence-corrected chi connectivity index (χ4v) is 3.36. The van der Waals surface area contributed by atoms with Gasteiger partial charge in [0.2, 0.25) is 0 Å². The van der Waals surface area contributed by atoms with Gasteiger partial charge < -0.3 is 15.0 Å². The van der Waals surface area contributed by atoms with Crippen LogP contribution >= 0.6 is 24.0 Å². The first kappa shape index (κ1) is 20.5. The minimum Gasteiger partial charge on any atom is -0.378 e. The number of nitrogens with zero attached hydrogens (tertiary/aromatic N) is 4. The molecule has 0 atom stereocenters. The summed E-state index contributed by atoms with van der Waals surface area (Å²) in [5.74, 6) is 1.83. The molecule has 3 rings (SSSR count). The van der Waals surface area contributed by atoms with Crippen LogP contribution in [0.4, 0.5) is 0 Å². The summed E-state index contributed by atoms with van der Waals surface area (Å²) in [6.45, 7) is 7.95. The molecule has 6 nitrogen and oxygen atoms in total. The molecule has 1 aliphatic carbocycles. The fourth-order valence-electron chi connectivity index (χ4n) is 3.36. The van der Waals surface area contributed by atoms with E-state index in [0.29, 0.717) is 6.10 Å². The molecule has 0 amide bonds. The molecule has 1 aromatic rings. The van der Waals surface area contributed by atoms with E-state index in [1.165, 1.54) is 24.1 Å². The molecule has 1 N–H and O–H groups in total. The highest BCUT2D eigenvalue weighted by atomic mass is 127. The third kappa shape index (κ3) is 5.32. The van der Waals surface area contributed by atoms with Gasteiger partial charge in [-0.25, -0.2) is 0 Å². The van der Waals surface area contributed by atoms with Gasteiger partial charge in [-0.3, -0.25) is 9.67 Å². The van der Waals surface area contributed by atoms with E-state index in [9.17, 15) is 0 Å². The van der Waals surface area contributed by atoms with Crippen molar-refractivity contribution < 1.29 is 4.74 Å². The van der Waals surface area contributed by atoms with Crippen LogP contribution in [0, 0.1) is 19.8 Å². The van der Waals surface area contributed by atoms with Gasteiger partial charge in [-0.2, -0.15) is 5.10 Å². The first-order valence-electron chi connectivity index (χ1n) is 9.14. The summed E-state index contributed by atoms with van der Waals surface area (Å²) < 4.78 is 7.98. The van der Waals surface area contributed by atoms with E-state index in [1.54, 1.807) is 0 Å². The summed E-state index contributed by atoms with van der Waals surface area (Å²) in [7, 11) is 3.86. The van der Waals surface area contributed by atoms with Crippen molar-refractivity contribution in [1.29, 1.82) is 0 Å². The van der Waals surface area contributed by atoms with E-state index in [2.05, 4.69) is 34.2 Å². The molecule has 2 fully saturated rings. The lowest BCUT2D eigenvalue weighted by Gasteiger charge is -2.34. The van der Waals surface area contributed by atoms with E-state index in [1.807, 2.05) is 18.8 Å². The molecule has 142 valence electrons. The lowest BCUT2D eigenvalue weighted by molar-refractivity contribution is 0.0131. The molecule has 1 saturated heterocycles. The summed E-state index contributed by atoms with van der Waals surface area (Å²) in [4.78, 5) is 6.81. The first-order valence-corrected chi connectivity index (χ1v) is 9.14. The second-order valence-corrected chi connectivity index (χ2v) is 7.14. The Morgan fingerprint density at radius 1 is 1.24 bits per heavy atom. The Morgan fingerprint density at radius 2 is 1.92 bits per heavy atom. The van der Waals surface area contributed by atoms with Crippen LogP contribution in [0.2, 0.25) is 0 Å². The van der Waals surface area contributed by atoms with Crippen LogP contribution in [-0.4, -0.2) is 53.5 Å². The van der Waals surface area contributed by atoms with Crippen molar-refractivity contribution in [3.63, 3.8) is 0 Å². The maximum absolute atomic E-state index is 6.03. The Labute approximate surface area is 168 Å². The van der Waals surface area contributed by atoms with Gasteiger partial charge >= 0.3 is 0 Å². The number of hydrogen-bond acceptors (Lipinski definition) is 3. The maximum atomic E-state index is 6.03. The molecule has 0 bridgehead atoms. The van der Waals surface area contributed by atoms with Crippen molar-refractivity contribution in [2.45, 2.75) is 52.2 Å². The summed E-state index contributed by atoms with van der Waals surface area (Å²) >= 11 is 0. The third-order valence-corrected chi connectivity index (χ3v) is 5.30. The third-order valence-electron chi connectivity index (χ3n) is 5.30. The fraction of sp³-hybridized carbons (Fsp3) is 0.778. The average molecular weight is 461 g/mol. The summed E-state index contributed by atoms with van der Waals surface area (Å²) in [5, 5.41) is 7.99. The number of guanidine groups is 1. The Morgan fingerprint density at radius 3 is 2.44 bits per heavy atom. The van der Waals surface area contributed by atoms with Crippen molar-refractivity contribution in [2.75, 3.05) is 26.7 Å². The zero-order chi connectivity index (χ0) is 17.1. The van der Waals surface area contributed by atoms with Gasteiger partial charge in [-0.1, -0.05) is 0 Å². The highest BCUT2D eigenvalue weighted by Crippen LogP contribution is 2.30. The highest BCUT2D eigenvalue weighted by molar-refractivity contribution is 14.0. The van der Waals surface area contributed by atoms with Crippen molar-refractivity contribution in [1.82, 2.24) is 20.0 Å². The van der Waals surface area contributed by atoms with E-state index < -0.39 is 0 Å². The van der Waals surface area contributed by atoms with Crippen molar-refractivity contribution in [3.05, 3.63) is 17.0 Å². The second-order valence-electron chi connectivity index (χ2n) is 7.14. The van der Waals surface area contributed by atoms with Gasteiger partial charge in [0.05, 0.1) is 11.8 Å². The number of aryl methyl sites for hydroxylation is 2. The Kier molecular flexibility index (Phi) is 7.54. The van der Waals surface area contributed by atoms with Crippen LogP contribution in [-0.2, 0) is 18.3 Å². The molecule has 1 aromatic heterocycles. The summed E-state index contributed by atoms with van der Waals surface area (Å²) in [6.07, 6.45) is 5.35. The largest absolute Gasteiger partial charge is 0.378 e. The van der Waals surface area contributed by atoms with Crippen molar-refractivity contribution in [2.24, 2.45) is 18.0 Å². The standard InChI is InChI=1S/C18H31N5O.HI/c1-13-17(14(2)22(4)21-13)11-20-18(19-3)23-9-7-16(8-10-23)24-12-15-5-6-15;/h15-16H,5-12H2,1-4H3,(H,19,20);1H. The van der Waals surface area contributed by atoms with Gasteiger partial charge in [0.1, 0.15) is 0 Å². The summed E-state index contributed by atoms with van der Waals surface area (Å²) in [5.41, 5.74) is 3.56. The molecule has 1 saturated carbocycles. The number of likely N-dealkylation sites (tertiary alicyclic amines) is 1. The molecule has 25 heavy (non-hydrogen) atoms. The smallest absolute Gasteiger partial charge is 0.193 e. The van der Waals surface area contributed by atoms with Crippen LogP contribution in [0.5, 0.6) is 0 Å². The topological polar surface area (TPSA) is 54.7 Å². The molecule has 0 unspecified atom stereocenters. The zero-order valence-corrected chi connectivity index (χ0v) is 18.2. The zero-order valence-electron chi connectivity index (χ0n) is 15.9. The molecule has 0 spiro atoms. The summed E-state index contributed by atoms with van der Waals surface area (Å²) in [6, 6.07) is 0. The van der Waals surface area contributed by atoms with E-state index in [4.69, 9.17) is 4.74 Å². The minimum absolute atomic E-state index is 0. The monoisotopic (exact) mass is 461 g/mol. The predicted molar refractivity (Wildman–Crippen MR) is 112 cm³/mol. The van der Waals surface area contributed by atoms with Gasteiger partial charge in [-0.05, 0) is 45.4 Å². The number of aromatic nitrogens is 2. The van der Waals surface area contributed by atoms with Gasteiger partial charge in [-0.15, -0.1) is 24.0 Å². The van der Waals surface area contributed by atoms with E-state index in [0.717, 1.165) is 56.7 Å². The van der Waals surface area contributed by atoms with E-state index >= 15 is 0 Å². The second kappa shape index (κ2) is 9.21. The minimum atomic E-state index is 0. The van der Waals surface area contributed by atoms with Crippen LogP contribution in [0.25, 0.3) is 0 Å². The molecule has 0 aromatic carbocycles. The lowest BCUT2D eigenvalue weighted by atomic mass is 10.1. The normalized spacial score (nSPS) is 19.0. The average Bonchev–Trinajstić information content (AvgIpc) is 3.37. The van der Waals surface area contributed by atoms with Crippen LogP contribution in [0.15, 0.2) is 4.99 Å². The van der Waals surface area contributed by atoms with Gasteiger partial charge in [0.15, 0.2) is 5.96 Å². The van der Waals surface area contributed by atoms with E-state index in [-0.39, 0.29) is 24.0 Å². The predicted octanol–water partition coefficient (Wildman–Crippen LogP) is 2.62. The number of hydrogen-bond donors (Lipinski definition) is 1. The molecule has 1 aliphatic heterocycles. The number of halogens is 1. The maximum Gasteiger partial charge on any atom is 0.193 e.